The Morgan fingerprint density at radius 3 is 2.84 bits per heavy atom. The van der Waals surface area contributed by atoms with E-state index < -0.39 is 0 Å². The Hall–Kier alpha value is -2.30. The van der Waals surface area contributed by atoms with Gasteiger partial charge in [0.2, 0.25) is 0 Å². The van der Waals surface area contributed by atoms with E-state index in [9.17, 15) is 9.59 Å². The van der Waals surface area contributed by atoms with Gasteiger partial charge in [-0.05, 0) is 43.4 Å². The standard InChI is InChI=1S/C14H15N3O2/c1-8-6-9-2-3-11(7-12(9)17-13(8)18)16-14(19)15-10-4-5-10/h2-3,6-7,10H,4-5H2,1H3,(H,17,18)(H2,15,16,19). The van der Waals surface area contributed by atoms with E-state index in [-0.39, 0.29) is 11.6 Å². The first-order valence-electron chi connectivity index (χ1n) is 6.33. The van der Waals surface area contributed by atoms with Crippen molar-refractivity contribution in [3.05, 3.63) is 40.2 Å². The van der Waals surface area contributed by atoms with Gasteiger partial charge < -0.3 is 15.6 Å². The van der Waals surface area contributed by atoms with Gasteiger partial charge in [0.1, 0.15) is 0 Å². The number of aromatic amines is 1. The molecule has 1 fully saturated rings. The summed E-state index contributed by atoms with van der Waals surface area (Å²) in [5.74, 6) is 0. The zero-order valence-corrected chi connectivity index (χ0v) is 10.6. The topological polar surface area (TPSA) is 74.0 Å². The number of H-pyrrole nitrogens is 1. The Kier molecular flexibility index (Phi) is 2.74. The second kappa shape index (κ2) is 4.42. The number of urea groups is 1. The summed E-state index contributed by atoms with van der Waals surface area (Å²) in [4.78, 5) is 26.0. The molecule has 3 rings (SSSR count). The Labute approximate surface area is 110 Å². The van der Waals surface area contributed by atoms with Gasteiger partial charge in [0, 0.05) is 17.3 Å². The number of benzene rings is 1. The van der Waals surface area contributed by atoms with Crippen LogP contribution < -0.4 is 16.2 Å². The number of anilines is 1. The molecule has 5 nitrogen and oxygen atoms in total. The van der Waals surface area contributed by atoms with Gasteiger partial charge in [-0.25, -0.2) is 4.79 Å². The zero-order valence-electron chi connectivity index (χ0n) is 10.6. The fraction of sp³-hybridized carbons (Fsp3) is 0.286. The Morgan fingerprint density at radius 1 is 1.32 bits per heavy atom. The normalized spacial score (nSPS) is 14.4. The summed E-state index contributed by atoms with van der Waals surface area (Å²) >= 11 is 0. The van der Waals surface area contributed by atoms with E-state index in [2.05, 4.69) is 15.6 Å². The molecular weight excluding hydrogens is 242 g/mol. The van der Waals surface area contributed by atoms with Crippen LogP contribution in [0.5, 0.6) is 0 Å². The summed E-state index contributed by atoms with van der Waals surface area (Å²) in [6, 6.07) is 7.43. The van der Waals surface area contributed by atoms with Crippen LogP contribution in [0.3, 0.4) is 0 Å². The summed E-state index contributed by atoms with van der Waals surface area (Å²) < 4.78 is 0. The minimum Gasteiger partial charge on any atom is -0.335 e. The monoisotopic (exact) mass is 257 g/mol. The highest BCUT2D eigenvalue weighted by molar-refractivity contribution is 5.92. The highest BCUT2D eigenvalue weighted by Gasteiger charge is 2.23. The molecule has 0 spiro atoms. The molecular formula is C14H15N3O2. The van der Waals surface area contributed by atoms with Crippen LogP contribution in [-0.2, 0) is 0 Å². The predicted octanol–water partition coefficient (Wildman–Crippen LogP) is 2.12. The summed E-state index contributed by atoms with van der Waals surface area (Å²) in [7, 11) is 0. The molecule has 1 aliphatic carbocycles. The molecule has 1 aromatic carbocycles. The molecule has 0 saturated heterocycles. The predicted molar refractivity (Wildman–Crippen MR) is 74.5 cm³/mol. The number of rotatable bonds is 2. The van der Waals surface area contributed by atoms with Crippen LogP contribution in [0.4, 0.5) is 10.5 Å². The molecule has 1 aliphatic rings. The highest BCUT2D eigenvalue weighted by Crippen LogP contribution is 2.20. The molecule has 19 heavy (non-hydrogen) atoms. The van der Waals surface area contributed by atoms with Gasteiger partial charge in [-0.15, -0.1) is 0 Å². The van der Waals surface area contributed by atoms with Crippen LogP contribution >= 0.6 is 0 Å². The van der Waals surface area contributed by atoms with Crippen molar-refractivity contribution in [3.8, 4) is 0 Å². The maximum absolute atomic E-state index is 11.6. The third kappa shape index (κ3) is 2.59. The summed E-state index contributed by atoms with van der Waals surface area (Å²) in [5, 5.41) is 6.57. The van der Waals surface area contributed by atoms with E-state index in [4.69, 9.17) is 0 Å². The molecule has 0 unspecified atom stereocenters. The summed E-state index contributed by atoms with van der Waals surface area (Å²) in [5.41, 5.74) is 1.97. The van der Waals surface area contributed by atoms with E-state index in [1.165, 1.54) is 0 Å². The second-order valence-corrected chi connectivity index (χ2v) is 4.96. The van der Waals surface area contributed by atoms with Crippen molar-refractivity contribution in [1.29, 1.82) is 0 Å². The van der Waals surface area contributed by atoms with Crippen molar-refractivity contribution in [3.63, 3.8) is 0 Å². The van der Waals surface area contributed by atoms with Gasteiger partial charge in [0.25, 0.3) is 5.56 Å². The van der Waals surface area contributed by atoms with Gasteiger partial charge in [-0.2, -0.15) is 0 Å². The van der Waals surface area contributed by atoms with E-state index in [0.29, 0.717) is 17.3 Å². The molecule has 0 bridgehead atoms. The number of aryl methyl sites for hydroxylation is 1. The van der Waals surface area contributed by atoms with Crippen molar-refractivity contribution in [2.24, 2.45) is 0 Å². The SMILES string of the molecule is Cc1cc2ccc(NC(=O)NC3CC3)cc2[nH]c1=O. The molecule has 0 atom stereocenters. The first-order chi connectivity index (χ1) is 9.11. The average molecular weight is 257 g/mol. The van der Waals surface area contributed by atoms with Gasteiger partial charge >= 0.3 is 6.03 Å². The molecule has 1 aromatic heterocycles. The van der Waals surface area contributed by atoms with Gasteiger partial charge in [0.05, 0.1) is 5.52 Å². The summed E-state index contributed by atoms with van der Waals surface area (Å²) in [6.45, 7) is 1.77. The minimum absolute atomic E-state index is 0.105. The number of nitrogens with one attached hydrogen (secondary N) is 3. The van der Waals surface area contributed by atoms with Crippen molar-refractivity contribution in [2.75, 3.05) is 5.32 Å². The number of pyridine rings is 1. The molecule has 3 N–H and O–H groups in total. The van der Waals surface area contributed by atoms with Crippen LogP contribution in [0.2, 0.25) is 0 Å². The third-order valence-corrected chi connectivity index (χ3v) is 3.20. The van der Waals surface area contributed by atoms with Crippen molar-refractivity contribution >= 4 is 22.6 Å². The molecule has 2 aromatic rings. The molecule has 98 valence electrons. The quantitative estimate of drug-likeness (QED) is 0.771. The van der Waals surface area contributed by atoms with E-state index in [1.807, 2.05) is 18.2 Å². The van der Waals surface area contributed by atoms with E-state index in [1.54, 1.807) is 13.0 Å². The first kappa shape index (κ1) is 11.8. The lowest BCUT2D eigenvalue weighted by Crippen LogP contribution is -2.30. The average Bonchev–Trinajstić information content (AvgIpc) is 3.15. The summed E-state index contributed by atoms with van der Waals surface area (Å²) in [6.07, 6.45) is 2.11. The number of carbonyl (C=O) groups excluding carboxylic acids is 1. The molecule has 1 saturated carbocycles. The lowest BCUT2D eigenvalue weighted by atomic mass is 10.1. The zero-order chi connectivity index (χ0) is 13.4. The molecule has 1 heterocycles. The maximum atomic E-state index is 11.6. The number of aromatic nitrogens is 1. The lowest BCUT2D eigenvalue weighted by Gasteiger charge is -2.07. The number of amides is 2. The number of hydrogen-bond donors (Lipinski definition) is 3. The lowest BCUT2D eigenvalue weighted by molar-refractivity contribution is 0.251. The van der Waals surface area contributed by atoms with Gasteiger partial charge in [-0.3, -0.25) is 4.79 Å². The van der Waals surface area contributed by atoms with Crippen molar-refractivity contribution in [1.82, 2.24) is 10.3 Å². The molecule has 2 amide bonds. The van der Waals surface area contributed by atoms with Crippen LogP contribution in [-0.4, -0.2) is 17.1 Å². The first-order valence-corrected chi connectivity index (χ1v) is 6.33. The fourth-order valence-electron chi connectivity index (χ4n) is 1.97. The van der Waals surface area contributed by atoms with E-state index >= 15 is 0 Å². The van der Waals surface area contributed by atoms with Crippen LogP contribution in [0, 0.1) is 6.92 Å². The highest BCUT2D eigenvalue weighted by atomic mass is 16.2. The third-order valence-electron chi connectivity index (χ3n) is 3.20. The number of carbonyl (C=O) groups is 1. The fourth-order valence-corrected chi connectivity index (χ4v) is 1.97. The Morgan fingerprint density at radius 2 is 2.11 bits per heavy atom. The van der Waals surface area contributed by atoms with Crippen LogP contribution in [0.25, 0.3) is 10.9 Å². The van der Waals surface area contributed by atoms with Crippen LogP contribution in [0.15, 0.2) is 29.1 Å². The molecule has 0 radical (unpaired) electrons. The van der Waals surface area contributed by atoms with E-state index in [0.717, 1.165) is 23.7 Å². The Bertz CT molecular complexity index is 701. The van der Waals surface area contributed by atoms with Crippen LogP contribution in [0.1, 0.15) is 18.4 Å². The minimum atomic E-state index is -0.198. The number of hydrogen-bond acceptors (Lipinski definition) is 2. The smallest absolute Gasteiger partial charge is 0.319 e. The molecule has 5 heteroatoms. The van der Waals surface area contributed by atoms with Crippen molar-refractivity contribution < 1.29 is 4.79 Å². The second-order valence-electron chi connectivity index (χ2n) is 4.96. The maximum Gasteiger partial charge on any atom is 0.319 e. The Balaban J connectivity index is 1.86. The van der Waals surface area contributed by atoms with Gasteiger partial charge in [0.15, 0.2) is 0 Å². The molecule has 0 aliphatic heterocycles. The largest absolute Gasteiger partial charge is 0.335 e. The van der Waals surface area contributed by atoms with Gasteiger partial charge in [-0.1, -0.05) is 6.07 Å². The number of fused-ring (bicyclic) bond motifs is 1. The van der Waals surface area contributed by atoms with Crippen molar-refractivity contribution in [2.45, 2.75) is 25.8 Å².